The van der Waals surface area contributed by atoms with Crippen LogP contribution in [0.1, 0.15) is 47.5 Å². The van der Waals surface area contributed by atoms with Gasteiger partial charge in [0, 0.05) is 23.1 Å². The van der Waals surface area contributed by atoms with Crippen molar-refractivity contribution in [3.63, 3.8) is 0 Å². The number of rotatable bonds is 6. The Bertz CT molecular complexity index is 577. The Balaban J connectivity index is 2.34. The van der Waals surface area contributed by atoms with Crippen LogP contribution in [0.2, 0.25) is 0 Å². The SMILES string of the molecule is CCCNC(c1cnc(C(F)(F)F)s1)c1ccoc1CC. The number of aryl methyl sites for hydroxylation is 1. The van der Waals surface area contributed by atoms with Gasteiger partial charge in [-0.25, -0.2) is 4.98 Å². The molecule has 0 spiro atoms. The monoisotopic (exact) mass is 318 g/mol. The van der Waals surface area contributed by atoms with Gasteiger partial charge in [-0.3, -0.25) is 0 Å². The molecule has 21 heavy (non-hydrogen) atoms. The number of hydrogen-bond acceptors (Lipinski definition) is 4. The minimum Gasteiger partial charge on any atom is -0.469 e. The molecule has 0 aromatic carbocycles. The van der Waals surface area contributed by atoms with Crippen LogP contribution in [0.25, 0.3) is 0 Å². The molecule has 0 bridgehead atoms. The van der Waals surface area contributed by atoms with Gasteiger partial charge >= 0.3 is 6.18 Å². The van der Waals surface area contributed by atoms with Gasteiger partial charge in [0.1, 0.15) is 5.76 Å². The number of hydrogen-bond donors (Lipinski definition) is 1. The summed E-state index contributed by atoms with van der Waals surface area (Å²) in [4.78, 5) is 4.05. The van der Waals surface area contributed by atoms with E-state index in [0.29, 0.717) is 29.2 Å². The number of nitrogens with one attached hydrogen (secondary N) is 1. The summed E-state index contributed by atoms with van der Waals surface area (Å²) in [6.07, 6.45) is 0.0499. The molecule has 1 atom stereocenters. The van der Waals surface area contributed by atoms with Gasteiger partial charge in [0.2, 0.25) is 0 Å². The molecule has 3 nitrogen and oxygen atoms in total. The second-order valence-corrected chi connectivity index (χ2v) is 5.67. The average Bonchev–Trinajstić information content (AvgIpc) is 3.07. The van der Waals surface area contributed by atoms with Crippen molar-refractivity contribution in [3.05, 3.63) is 39.7 Å². The van der Waals surface area contributed by atoms with Crippen molar-refractivity contribution in [2.45, 2.75) is 38.9 Å². The molecule has 1 unspecified atom stereocenters. The van der Waals surface area contributed by atoms with E-state index < -0.39 is 11.2 Å². The number of thiazole rings is 1. The van der Waals surface area contributed by atoms with Crippen LogP contribution in [0.4, 0.5) is 13.2 Å². The highest BCUT2D eigenvalue weighted by molar-refractivity contribution is 7.11. The van der Waals surface area contributed by atoms with Gasteiger partial charge in [0.15, 0.2) is 5.01 Å². The molecule has 7 heteroatoms. The first-order valence-corrected chi connectivity index (χ1v) is 7.61. The van der Waals surface area contributed by atoms with Crippen molar-refractivity contribution in [1.29, 1.82) is 0 Å². The van der Waals surface area contributed by atoms with Crippen LogP contribution in [-0.4, -0.2) is 11.5 Å². The Hall–Kier alpha value is -1.34. The van der Waals surface area contributed by atoms with E-state index in [9.17, 15) is 13.2 Å². The summed E-state index contributed by atoms with van der Waals surface area (Å²) in [6, 6.07) is 1.49. The molecule has 2 heterocycles. The lowest BCUT2D eigenvalue weighted by Gasteiger charge is -2.16. The zero-order chi connectivity index (χ0) is 15.5. The first-order chi connectivity index (χ1) is 9.97. The molecule has 0 radical (unpaired) electrons. The molecule has 0 aliphatic carbocycles. The van der Waals surface area contributed by atoms with E-state index in [4.69, 9.17) is 4.42 Å². The third-order valence-electron chi connectivity index (χ3n) is 3.06. The van der Waals surface area contributed by atoms with Crippen molar-refractivity contribution in [3.8, 4) is 0 Å². The number of nitrogens with zero attached hydrogens (tertiary/aromatic N) is 1. The molecule has 0 fully saturated rings. The molecule has 2 rings (SSSR count). The van der Waals surface area contributed by atoms with Gasteiger partial charge in [0.25, 0.3) is 0 Å². The molecule has 0 saturated heterocycles. The van der Waals surface area contributed by atoms with Gasteiger partial charge in [0.05, 0.1) is 12.3 Å². The second kappa shape index (κ2) is 6.62. The predicted molar refractivity (Wildman–Crippen MR) is 75.3 cm³/mol. The van der Waals surface area contributed by atoms with Crippen LogP contribution in [0.3, 0.4) is 0 Å². The average molecular weight is 318 g/mol. The second-order valence-electron chi connectivity index (χ2n) is 4.61. The number of furan rings is 1. The van der Waals surface area contributed by atoms with Gasteiger partial charge in [-0.1, -0.05) is 13.8 Å². The third-order valence-corrected chi connectivity index (χ3v) is 4.17. The fourth-order valence-electron chi connectivity index (χ4n) is 2.10. The van der Waals surface area contributed by atoms with Gasteiger partial charge in [-0.05, 0) is 19.0 Å². The Morgan fingerprint density at radius 3 is 2.71 bits per heavy atom. The van der Waals surface area contributed by atoms with Crippen molar-refractivity contribution >= 4 is 11.3 Å². The molecule has 2 aromatic heterocycles. The summed E-state index contributed by atoms with van der Waals surface area (Å²) < 4.78 is 43.5. The van der Waals surface area contributed by atoms with Crippen LogP contribution in [0.5, 0.6) is 0 Å². The van der Waals surface area contributed by atoms with Crippen LogP contribution in [0, 0.1) is 0 Å². The largest absolute Gasteiger partial charge is 0.469 e. The van der Waals surface area contributed by atoms with Crippen LogP contribution in [-0.2, 0) is 12.6 Å². The standard InChI is InChI=1S/C14H17F3N2OS/c1-3-6-18-12(9-5-7-20-10(9)4-2)11-8-19-13(21-11)14(15,16)17/h5,7-8,12,18H,3-4,6H2,1-2H3. The summed E-state index contributed by atoms with van der Waals surface area (Å²) in [6.45, 7) is 4.67. The molecule has 0 aliphatic heterocycles. The number of alkyl halides is 3. The lowest BCUT2D eigenvalue weighted by atomic mass is 10.1. The Morgan fingerprint density at radius 2 is 2.14 bits per heavy atom. The lowest BCUT2D eigenvalue weighted by molar-refractivity contribution is -0.137. The summed E-state index contributed by atoms with van der Waals surface area (Å²) in [5.41, 5.74) is 0.878. The highest BCUT2D eigenvalue weighted by Crippen LogP contribution is 2.36. The molecular weight excluding hydrogens is 301 g/mol. The van der Waals surface area contributed by atoms with E-state index >= 15 is 0 Å². The molecular formula is C14H17F3N2OS. The third kappa shape index (κ3) is 3.65. The number of halogens is 3. The van der Waals surface area contributed by atoms with Gasteiger partial charge in [-0.2, -0.15) is 13.2 Å². The summed E-state index contributed by atoms with van der Waals surface area (Å²) >= 11 is 0.676. The van der Waals surface area contributed by atoms with Crippen LogP contribution < -0.4 is 5.32 Å². The zero-order valence-corrected chi connectivity index (χ0v) is 12.6. The summed E-state index contributed by atoms with van der Waals surface area (Å²) in [5.74, 6) is 0.783. The minimum atomic E-state index is -4.40. The van der Waals surface area contributed by atoms with Crippen LogP contribution in [0.15, 0.2) is 22.9 Å². The summed E-state index contributed by atoms with van der Waals surface area (Å²) in [5, 5.41) is 2.45. The van der Waals surface area contributed by atoms with Crippen molar-refractivity contribution < 1.29 is 17.6 Å². The highest BCUT2D eigenvalue weighted by Gasteiger charge is 2.35. The maximum atomic E-state index is 12.7. The van der Waals surface area contributed by atoms with Gasteiger partial charge in [-0.15, -0.1) is 11.3 Å². The molecule has 0 saturated carbocycles. The van der Waals surface area contributed by atoms with E-state index in [-0.39, 0.29) is 6.04 Å². The minimum absolute atomic E-state index is 0.313. The molecule has 1 N–H and O–H groups in total. The van der Waals surface area contributed by atoms with E-state index in [1.807, 2.05) is 13.8 Å². The molecule has 2 aromatic rings. The molecule has 116 valence electrons. The lowest BCUT2D eigenvalue weighted by Crippen LogP contribution is -2.22. The van der Waals surface area contributed by atoms with Crippen molar-refractivity contribution in [1.82, 2.24) is 10.3 Å². The zero-order valence-electron chi connectivity index (χ0n) is 11.8. The maximum absolute atomic E-state index is 12.7. The van der Waals surface area contributed by atoms with Crippen molar-refractivity contribution in [2.24, 2.45) is 0 Å². The first kappa shape index (κ1) is 16.0. The summed E-state index contributed by atoms with van der Waals surface area (Å²) in [7, 11) is 0. The maximum Gasteiger partial charge on any atom is 0.443 e. The fraction of sp³-hybridized carbons (Fsp3) is 0.500. The predicted octanol–water partition coefficient (Wildman–Crippen LogP) is 4.41. The normalized spacial score (nSPS) is 13.6. The van der Waals surface area contributed by atoms with E-state index in [1.54, 1.807) is 12.3 Å². The Labute approximate surface area is 125 Å². The first-order valence-electron chi connectivity index (χ1n) is 6.79. The van der Waals surface area contributed by atoms with Crippen LogP contribution >= 0.6 is 11.3 Å². The van der Waals surface area contributed by atoms with Crippen molar-refractivity contribution in [2.75, 3.05) is 6.54 Å². The van der Waals surface area contributed by atoms with E-state index in [2.05, 4.69) is 10.3 Å². The molecule has 0 aliphatic rings. The molecule has 0 amide bonds. The number of aromatic nitrogens is 1. The Kier molecular flexibility index (Phi) is 5.05. The smallest absolute Gasteiger partial charge is 0.443 e. The topological polar surface area (TPSA) is 38.1 Å². The fourth-order valence-corrected chi connectivity index (χ4v) is 2.98. The highest BCUT2D eigenvalue weighted by atomic mass is 32.1. The quantitative estimate of drug-likeness (QED) is 0.857. The van der Waals surface area contributed by atoms with E-state index in [1.165, 1.54) is 6.20 Å². The van der Waals surface area contributed by atoms with E-state index in [0.717, 1.165) is 17.7 Å². The van der Waals surface area contributed by atoms with Gasteiger partial charge < -0.3 is 9.73 Å². The Morgan fingerprint density at radius 1 is 1.38 bits per heavy atom.